The second kappa shape index (κ2) is 5.13. The van der Waals surface area contributed by atoms with E-state index in [1.54, 1.807) is 11.3 Å². The van der Waals surface area contributed by atoms with Crippen molar-refractivity contribution in [1.29, 1.82) is 0 Å². The lowest BCUT2D eigenvalue weighted by atomic mass is 10.1. The molecule has 0 aliphatic carbocycles. The second-order valence-corrected chi connectivity index (χ2v) is 6.02. The molecule has 0 radical (unpaired) electrons. The highest BCUT2D eigenvalue weighted by molar-refractivity contribution is 9.10. The van der Waals surface area contributed by atoms with Crippen LogP contribution in [0.2, 0.25) is 0 Å². The van der Waals surface area contributed by atoms with Gasteiger partial charge in [-0.15, -0.1) is 11.3 Å². The molecule has 1 heterocycles. The fourth-order valence-corrected chi connectivity index (χ4v) is 2.98. The minimum atomic E-state index is 0.0948. The summed E-state index contributed by atoms with van der Waals surface area (Å²) in [7, 11) is 0. The predicted octanol–water partition coefficient (Wildman–Crippen LogP) is 4.06. The maximum absolute atomic E-state index is 6.20. The Kier molecular flexibility index (Phi) is 3.79. The largest absolute Gasteiger partial charge is 0.323 e. The van der Waals surface area contributed by atoms with Crippen molar-refractivity contribution in [3.8, 4) is 0 Å². The Bertz CT molecular complexity index is 478. The summed E-state index contributed by atoms with van der Waals surface area (Å²) in [5.41, 5.74) is 7.46. The molecule has 2 aromatic rings. The molecule has 3 heteroatoms. The minimum absolute atomic E-state index is 0.0948. The van der Waals surface area contributed by atoms with Crippen LogP contribution in [0.15, 0.2) is 40.9 Å². The molecule has 1 aromatic carbocycles. The minimum Gasteiger partial charge on any atom is -0.323 e. The van der Waals surface area contributed by atoms with Gasteiger partial charge >= 0.3 is 0 Å². The average molecular weight is 296 g/mol. The van der Waals surface area contributed by atoms with Crippen molar-refractivity contribution in [3.05, 3.63) is 56.2 Å². The van der Waals surface area contributed by atoms with Crippen LogP contribution in [0.3, 0.4) is 0 Å². The Morgan fingerprint density at radius 1 is 1.25 bits per heavy atom. The number of benzene rings is 1. The van der Waals surface area contributed by atoms with Gasteiger partial charge in [0, 0.05) is 20.3 Å². The maximum atomic E-state index is 6.20. The number of hydrogen-bond donors (Lipinski definition) is 1. The first-order chi connectivity index (χ1) is 7.66. The number of thiophene rings is 1. The van der Waals surface area contributed by atoms with E-state index < -0.39 is 0 Å². The fourth-order valence-electron chi connectivity index (χ4n) is 1.65. The van der Waals surface area contributed by atoms with Gasteiger partial charge in [0.25, 0.3) is 0 Å². The van der Waals surface area contributed by atoms with Crippen molar-refractivity contribution >= 4 is 27.3 Å². The van der Waals surface area contributed by atoms with Gasteiger partial charge in [0.1, 0.15) is 0 Å². The topological polar surface area (TPSA) is 26.0 Å². The molecule has 2 rings (SSSR count). The fraction of sp³-hybridized carbons (Fsp3) is 0.231. The summed E-state index contributed by atoms with van der Waals surface area (Å²) >= 11 is 5.33. The molecule has 1 atom stereocenters. The van der Waals surface area contributed by atoms with Gasteiger partial charge in [-0.25, -0.2) is 0 Å². The summed E-state index contributed by atoms with van der Waals surface area (Å²) in [6.07, 6.45) is 0.876. The predicted molar refractivity (Wildman–Crippen MR) is 73.8 cm³/mol. The van der Waals surface area contributed by atoms with E-state index in [0.29, 0.717) is 0 Å². The standard InChI is InChI=1S/C13H14BrNS/c1-9-6-7-13(16-9)12(15)8-10-4-2-3-5-11(10)14/h2-7,12H,8,15H2,1H3. The lowest BCUT2D eigenvalue weighted by Gasteiger charge is -2.10. The molecule has 16 heavy (non-hydrogen) atoms. The molecule has 1 nitrogen and oxygen atoms in total. The van der Waals surface area contributed by atoms with Gasteiger partial charge in [0.15, 0.2) is 0 Å². The Hall–Kier alpha value is -0.640. The molecule has 1 unspecified atom stereocenters. The van der Waals surface area contributed by atoms with Crippen LogP contribution in [0.1, 0.15) is 21.4 Å². The third-order valence-electron chi connectivity index (χ3n) is 2.52. The van der Waals surface area contributed by atoms with E-state index in [9.17, 15) is 0 Å². The summed E-state index contributed by atoms with van der Waals surface area (Å²) in [4.78, 5) is 2.57. The first-order valence-electron chi connectivity index (χ1n) is 5.22. The molecule has 2 N–H and O–H groups in total. The monoisotopic (exact) mass is 295 g/mol. The summed E-state index contributed by atoms with van der Waals surface area (Å²) in [5.74, 6) is 0. The highest BCUT2D eigenvalue weighted by atomic mass is 79.9. The van der Waals surface area contributed by atoms with Crippen LogP contribution in [0, 0.1) is 6.92 Å². The van der Waals surface area contributed by atoms with Gasteiger partial charge in [0.2, 0.25) is 0 Å². The van der Waals surface area contributed by atoms with Crippen molar-refractivity contribution < 1.29 is 0 Å². The lowest BCUT2D eigenvalue weighted by Crippen LogP contribution is -2.11. The zero-order valence-electron chi connectivity index (χ0n) is 9.11. The van der Waals surface area contributed by atoms with Gasteiger partial charge in [-0.2, -0.15) is 0 Å². The van der Waals surface area contributed by atoms with E-state index in [0.717, 1.165) is 10.9 Å². The van der Waals surface area contributed by atoms with E-state index >= 15 is 0 Å². The van der Waals surface area contributed by atoms with Crippen LogP contribution in [0.4, 0.5) is 0 Å². The van der Waals surface area contributed by atoms with E-state index in [1.165, 1.54) is 15.3 Å². The van der Waals surface area contributed by atoms with Gasteiger partial charge < -0.3 is 5.73 Å². The summed E-state index contributed by atoms with van der Waals surface area (Å²) in [6, 6.07) is 12.6. The summed E-state index contributed by atoms with van der Waals surface area (Å²) in [6.45, 7) is 2.11. The number of halogens is 1. The number of aryl methyl sites for hydroxylation is 1. The molecule has 84 valence electrons. The van der Waals surface area contributed by atoms with Gasteiger partial charge in [-0.3, -0.25) is 0 Å². The highest BCUT2D eigenvalue weighted by Crippen LogP contribution is 2.26. The molecule has 0 saturated heterocycles. The Morgan fingerprint density at radius 2 is 2.00 bits per heavy atom. The van der Waals surface area contributed by atoms with Crippen molar-refractivity contribution in [3.63, 3.8) is 0 Å². The van der Waals surface area contributed by atoms with Crippen molar-refractivity contribution in [2.24, 2.45) is 5.73 Å². The van der Waals surface area contributed by atoms with Crippen LogP contribution in [0.5, 0.6) is 0 Å². The Morgan fingerprint density at radius 3 is 2.62 bits per heavy atom. The molecule has 0 amide bonds. The van der Waals surface area contributed by atoms with E-state index in [2.05, 4.69) is 47.1 Å². The van der Waals surface area contributed by atoms with Crippen molar-refractivity contribution in [2.45, 2.75) is 19.4 Å². The molecule has 0 fully saturated rings. The van der Waals surface area contributed by atoms with E-state index in [1.807, 2.05) is 12.1 Å². The average Bonchev–Trinajstić information content (AvgIpc) is 2.68. The molecule has 0 aliphatic rings. The molecule has 0 spiro atoms. The molecule has 0 aliphatic heterocycles. The van der Waals surface area contributed by atoms with E-state index in [-0.39, 0.29) is 6.04 Å². The van der Waals surface area contributed by atoms with Crippen LogP contribution >= 0.6 is 27.3 Å². The quantitative estimate of drug-likeness (QED) is 0.908. The normalized spacial score (nSPS) is 12.7. The third kappa shape index (κ3) is 2.73. The first-order valence-corrected chi connectivity index (χ1v) is 6.83. The first kappa shape index (κ1) is 11.8. The second-order valence-electron chi connectivity index (χ2n) is 3.85. The van der Waals surface area contributed by atoms with Crippen LogP contribution in [0.25, 0.3) is 0 Å². The Balaban J connectivity index is 2.13. The Labute approximate surface area is 108 Å². The zero-order valence-corrected chi connectivity index (χ0v) is 11.5. The van der Waals surface area contributed by atoms with Gasteiger partial charge in [-0.1, -0.05) is 34.1 Å². The molecule has 1 aromatic heterocycles. The van der Waals surface area contributed by atoms with Gasteiger partial charge in [-0.05, 0) is 37.1 Å². The number of nitrogens with two attached hydrogens (primary N) is 1. The van der Waals surface area contributed by atoms with Crippen LogP contribution in [-0.4, -0.2) is 0 Å². The van der Waals surface area contributed by atoms with Crippen molar-refractivity contribution in [2.75, 3.05) is 0 Å². The van der Waals surface area contributed by atoms with Crippen LogP contribution in [-0.2, 0) is 6.42 Å². The third-order valence-corrected chi connectivity index (χ3v) is 4.43. The van der Waals surface area contributed by atoms with Crippen LogP contribution < -0.4 is 5.73 Å². The number of rotatable bonds is 3. The SMILES string of the molecule is Cc1ccc(C(N)Cc2ccccc2Br)s1. The van der Waals surface area contributed by atoms with E-state index in [4.69, 9.17) is 5.73 Å². The van der Waals surface area contributed by atoms with Gasteiger partial charge in [0.05, 0.1) is 0 Å². The highest BCUT2D eigenvalue weighted by Gasteiger charge is 2.10. The number of hydrogen-bond acceptors (Lipinski definition) is 2. The molecular formula is C13H14BrNS. The van der Waals surface area contributed by atoms with Crippen molar-refractivity contribution in [1.82, 2.24) is 0 Å². The zero-order chi connectivity index (χ0) is 11.5. The smallest absolute Gasteiger partial charge is 0.0431 e. The lowest BCUT2D eigenvalue weighted by molar-refractivity contribution is 0.734. The maximum Gasteiger partial charge on any atom is 0.0431 e. The summed E-state index contributed by atoms with van der Waals surface area (Å²) < 4.78 is 1.14. The molecule has 0 bridgehead atoms. The molecular weight excluding hydrogens is 282 g/mol. The summed E-state index contributed by atoms with van der Waals surface area (Å²) in [5, 5.41) is 0. The molecule has 0 saturated carbocycles.